The highest BCUT2D eigenvalue weighted by Crippen LogP contribution is 2.42. The molecule has 0 radical (unpaired) electrons. The van der Waals surface area contributed by atoms with Crippen LogP contribution in [0.25, 0.3) is 11.5 Å². The van der Waals surface area contributed by atoms with Gasteiger partial charge in [0, 0.05) is 24.4 Å². The Balaban J connectivity index is 1.31. The van der Waals surface area contributed by atoms with Gasteiger partial charge < -0.3 is 28.8 Å². The van der Waals surface area contributed by atoms with E-state index in [0.717, 1.165) is 6.54 Å². The summed E-state index contributed by atoms with van der Waals surface area (Å²) in [6.45, 7) is 3.78. The highest BCUT2D eigenvalue weighted by atomic mass is 16.5. The molecule has 1 amide bonds. The Kier molecular flexibility index (Phi) is 8.58. The Bertz CT molecular complexity index is 1590. The number of aromatic nitrogens is 2. The number of benzene rings is 2. The molecule has 1 saturated heterocycles. The normalized spacial score (nSPS) is 14.8. The van der Waals surface area contributed by atoms with E-state index in [0.29, 0.717) is 48.8 Å². The maximum atomic E-state index is 13.3. The minimum atomic E-state index is -0.858. The molecule has 0 unspecified atom stereocenters. The molecule has 1 aliphatic heterocycles. The molecule has 42 heavy (non-hydrogen) atoms. The van der Waals surface area contributed by atoms with Gasteiger partial charge in [0.15, 0.2) is 23.1 Å². The molecular formula is C31H34N4O7. The van der Waals surface area contributed by atoms with Crippen LogP contribution in [0.1, 0.15) is 42.2 Å². The molecule has 1 aliphatic rings. The van der Waals surface area contributed by atoms with Crippen molar-refractivity contribution in [2.45, 2.75) is 44.7 Å². The van der Waals surface area contributed by atoms with E-state index in [4.69, 9.17) is 18.4 Å². The van der Waals surface area contributed by atoms with Crippen LogP contribution in [0, 0.1) is 6.92 Å². The predicted octanol–water partition coefficient (Wildman–Crippen LogP) is 3.96. The van der Waals surface area contributed by atoms with Crippen LogP contribution in [-0.4, -0.2) is 53.4 Å². The summed E-state index contributed by atoms with van der Waals surface area (Å²) >= 11 is 0. The van der Waals surface area contributed by atoms with E-state index in [1.807, 2.05) is 18.2 Å². The molecule has 5 rings (SSSR count). The molecule has 220 valence electrons. The van der Waals surface area contributed by atoms with Crippen molar-refractivity contribution in [2.24, 2.45) is 0 Å². The number of ether oxygens (including phenoxy) is 2. The van der Waals surface area contributed by atoms with E-state index in [1.165, 1.54) is 25.8 Å². The molecule has 0 aliphatic carbocycles. The molecular weight excluding hydrogens is 540 g/mol. The summed E-state index contributed by atoms with van der Waals surface area (Å²) in [5.74, 6) is 1.29. The number of nitrogens with zero attached hydrogens (tertiary/aromatic N) is 3. The minimum absolute atomic E-state index is 0.0144. The highest BCUT2D eigenvalue weighted by molar-refractivity contribution is 5.77. The molecule has 11 nitrogen and oxygen atoms in total. The van der Waals surface area contributed by atoms with Gasteiger partial charge in [0.05, 0.1) is 26.3 Å². The number of rotatable bonds is 10. The van der Waals surface area contributed by atoms with Crippen LogP contribution in [0.4, 0.5) is 0 Å². The van der Waals surface area contributed by atoms with Gasteiger partial charge in [-0.1, -0.05) is 41.6 Å². The molecule has 2 aromatic heterocycles. The smallest absolute Gasteiger partial charge is 0.261 e. The third-order valence-electron chi connectivity index (χ3n) is 7.63. The average molecular weight is 575 g/mol. The Labute approximate surface area is 243 Å². The van der Waals surface area contributed by atoms with Crippen molar-refractivity contribution in [1.29, 1.82) is 0 Å². The quantitative estimate of drug-likeness (QED) is 0.286. The van der Waals surface area contributed by atoms with Crippen LogP contribution >= 0.6 is 0 Å². The van der Waals surface area contributed by atoms with E-state index in [9.17, 15) is 14.7 Å². The molecule has 2 N–H and O–H groups in total. The predicted molar refractivity (Wildman–Crippen MR) is 153 cm³/mol. The van der Waals surface area contributed by atoms with Crippen molar-refractivity contribution in [3.8, 4) is 28.7 Å². The molecule has 11 heteroatoms. The monoisotopic (exact) mass is 574 g/mol. The number of methoxy groups -OCH3 is 2. The molecule has 4 aromatic rings. The minimum Gasteiger partial charge on any atom is -0.502 e. The van der Waals surface area contributed by atoms with Crippen molar-refractivity contribution in [1.82, 2.24) is 20.4 Å². The number of amides is 1. The Morgan fingerprint density at radius 3 is 2.57 bits per heavy atom. The molecule has 1 fully saturated rings. The second kappa shape index (κ2) is 12.5. The topological polar surface area (TPSA) is 140 Å². The zero-order valence-electron chi connectivity index (χ0n) is 23.9. The zero-order valence-corrected chi connectivity index (χ0v) is 23.9. The first-order valence-electron chi connectivity index (χ1n) is 13.7. The molecule has 2 aromatic carbocycles. The standard InChI is InChI=1S/C31H34N4O7/c1-20-16-23(36)27(38)29(41-20)31(12-14-35(15-13-31)19-21-8-5-4-6-9-21)17-26(37)32-18-25-33-30(42-34-25)22-10-7-11-24(39-2)28(22)40-3/h4-11,16,38H,12-15,17-19H2,1-3H3,(H,32,37). The summed E-state index contributed by atoms with van der Waals surface area (Å²) in [5, 5.41) is 17.6. The van der Waals surface area contributed by atoms with Gasteiger partial charge in [0.25, 0.3) is 5.89 Å². The van der Waals surface area contributed by atoms with Crippen molar-refractivity contribution in [3.63, 3.8) is 0 Å². The average Bonchev–Trinajstić information content (AvgIpc) is 3.48. The Morgan fingerprint density at radius 2 is 1.86 bits per heavy atom. The number of nitrogens with one attached hydrogen (secondary N) is 1. The van der Waals surface area contributed by atoms with Gasteiger partial charge in [-0.25, -0.2) is 0 Å². The van der Waals surface area contributed by atoms with E-state index in [2.05, 4.69) is 32.5 Å². The van der Waals surface area contributed by atoms with Crippen LogP contribution in [0.5, 0.6) is 17.2 Å². The van der Waals surface area contributed by atoms with Crippen LogP contribution in [0.15, 0.2) is 68.3 Å². The Hall–Kier alpha value is -4.64. The number of hydrogen-bond donors (Lipinski definition) is 2. The first kappa shape index (κ1) is 28.9. The lowest BCUT2D eigenvalue weighted by molar-refractivity contribution is -0.123. The number of likely N-dealkylation sites (tertiary alicyclic amines) is 1. The fourth-order valence-corrected chi connectivity index (χ4v) is 5.47. The van der Waals surface area contributed by atoms with Gasteiger partial charge in [-0.3, -0.25) is 14.5 Å². The molecule has 0 atom stereocenters. The number of carbonyl (C=O) groups is 1. The number of carbonyl (C=O) groups excluding carboxylic acids is 1. The van der Waals surface area contributed by atoms with Gasteiger partial charge in [0.2, 0.25) is 17.1 Å². The lowest BCUT2D eigenvalue weighted by Gasteiger charge is -2.40. The summed E-state index contributed by atoms with van der Waals surface area (Å²) < 4.78 is 22.2. The summed E-state index contributed by atoms with van der Waals surface area (Å²) in [6.07, 6.45) is 1.06. The Morgan fingerprint density at radius 1 is 1.10 bits per heavy atom. The van der Waals surface area contributed by atoms with Gasteiger partial charge in [-0.2, -0.15) is 4.98 Å². The summed E-state index contributed by atoms with van der Waals surface area (Å²) in [6, 6.07) is 16.7. The van der Waals surface area contributed by atoms with E-state index >= 15 is 0 Å². The molecule has 3 heterocycles. The summed E-state index contributed by atoms with van der Waals surface area (Å²) in [7, 11) is 3.06. The number of aromatic hydroxyl groups is 1. The van der Waals surface area contributed by atoms with E-state index in [1.54, 1.807) is 25.1 Å². The summed E-state index contributed by atoms with van der Waals surface area (Å²) in [5.41, 5.74) is 0.377. The molecule has 0 spiro atoms. The maximum absolute atomic E-state index is 13.3. The van der Waals surface area contributed by atoms with Gasteiger partial charge in [-0.15, -0.1) is 0 Å². The third kappa shape index (κ3) is 6.15. The first-order chi connectivity index (χ1) is 20.3. The fourth-order valence-electron chi connectivity index (χ4n) is 5.47. The van der Waals surface area contributed by atoms with Crippen LogP contribution < -0.4 is 20.2 Å². The highest BCUT2D eigenvalue weighted by Gasteiger charge is 2.43. The van der Waals surface area contributed by atoms with E-state index in [-0.39, 0.29) is 36.3 Å². The number of piperidine rings is 1. The summed E-state index contributed by atoms with van der Waals surface area (Å²) in [4.78, 5) is 32.5. The van der Waals surface area contributed by atoms with Gasteiger partial charge >= 0.3 is 0 Å². The molecule has 0 saturated carbocycles. The largest absolute Gasteiger partial charge is 0.502 e. The number of para-hydroxylation sites is 1. The zero-order chi connectivity index (χ0) is 29.7. The van der Waals surface area contributed by atoms with Crippen molar-refractivity contribution < 1.29 is 28.3 Å². The van der Waals surface area contributed by atoms with Gasteiger partial charge in [0.1, 0.15) is 5.76 Å². The maximum Gasteiger partial charge on any atom is 0.261 e. The number of hydrogen-bond acceptors (Lipinski definition) is 10. The van der Waals surface area contributed by atoms with Gasteiger partial charge in [-0.05, 0) is 50.6 Å². The fraction of sp³-hybridized carbons (Fsp3) is 0.355. The third-order valence-corrected chi connectivity index (χ3v) is 7.63. The van der Waals surface area contributed by atoms with Crippen molar-refractivity contribution in [3.05, 3.63) is 87.7 Å². The lowest BCUT2D eigenvalue weighted by atomic mass is 9.72. The SMILES string of the molecule is COc1cccc(-c2nc(CNC(=O)CC3(c4oc(C)cc(=O)c4O)CCN(Cc4ccccc4)CC3)no2)c1OC. The van der Waals surface area contributed by atoms with E-state index < -0.39 is 16.6 Å². The van der Waals surface area contributed by atoms with Crippen LogP contribution in [0.2, 0.25) is 0 Å². The number of aryl methyl sites for hydroxylation is 1. The lowest BCUT2D eigenvalue weighted by Crippen LogP contribution is -2.45. The molecule has 0 bridgehead atoms. The second-order valence-corrected chi connectivity index (χ2v) is 10.5. The van der Waals surface area contributed by atoms with Crippen molar-refractivity contribution in [2.75, 3.05) is 27.3 Å². The second-order valence-electron chi connectivity index (χ2n) is 10.5. The van der Waals surface area contributed by atoms with Crippen LogP contribution in [-0.2, 0) is 23.3 Å². The van der Waals surface area contributed by atoms with Crippen molar-refractivity contribution >= 4 is 5.91 Å². The first-order valence-corrected chi connectivity index (χ1v) is 13.7. The van der Waals surface area contributed by atoms with Crippen LogP contribution in [0.3, 0.4) is 0 Å².